The molecule has 1 amide bonds. The summed E-state index contributed by atoms with van der Waals surface area (Å²) < 4.78 is 1.95. The second-order valence-electron chi connectivity index (χ2n) is 8.20. The van der Waals surface area contributed by atoms with E-state index in [0.717, 1.165) is 28.1 Å². The number of carbonyl (C=O) groups is 1. The molecular formula is C26H23N5OS. The molecule has 0 unspecified atom stereocenters. The van der Waals surface area contributed by atoms with Crippen molar-refractivity contribution in [2.45, 2.75) is 32.2 Å². The molecule has 1 aromatic carbocycles. The lowest BCUT2D eigenvalue weighted by atomic mass is 10.0. The van der Waals surface area contributed by atoms with Gasteiger partial charge in [0.05, 0.1) is 29.5 Å². The maximum absolute atomic E-state index is 12.6. The topological polar surface area (TPSA) is 85.8 Å². The normalized spacial score (nSPS) is 12.8. The molecule has 0 radical (unpaired) electrons. The minimum Gasteiger partial charge on any atom is -0.383 e. The molecule has 164 valence electrons. The fourth-order valence-corrected chi connectivity index (χ4v) is 4.15. The van der Waals surface area contributed by atoms with Crippen molar-refractivity contribution in [3.05, 3.63) is 93.3 Å². The number of benzene rings is 1. The number of aromatic nitrogens is 3. The van der Waals surface area contributed by atoms with Crippen LogP contribution in [0.2, 0.25) is 0 Å². The van der Waals surface area contributed by atoms with Gasteiger partial charge in [-0.15, -0.1) is 0 Å². The van der Waals surface area contributed by atoms with Gasteiger partial charge in [-0.1, -0.05) is 17.9 Å². The second-order valence-corrected chi connectivity index (χ2v) is 8.98. The second kappa shape index (κ2) is 8.93. The number of nitrogen functional groups attached to an aromatic ring is 1. The molecule has 5 rings (SSSR count). The Kier molecular flexibility index (Phi) is 5.68. The van der Waals surface area contributed by atoms with Crippen LogP contribution in [0, 0.1) is 18.8 Å². The van der Waals surface area contributed by atoms with Crippen molar-refractivity contribution in [1.29, 1.82) is 0 Å². The Bertz CT molecular complexity index is 1370. The number of thiophene rings is 1. The number of nitrogens with one attached hydrogen (secondary N) is 1. The predicted molar refractivity (Wildman–Crippen MR) is 130 cm³/mol. The van der Waals surface area contributed by atoms with Gasteiger partial charge in [0.15, 0.2) is 0 Å². The zero-order chi connectivity index (χ0) is 22.8. The number of aryl methyl sites for hydroxylation is 1. The van der Waals surface area contributed by atoms with Crippen molar-refractivity contribution in [3.63, 3.8) is 0 Å². The minimum absolute atomic E-state index is 0.126. The van der Waals surface area contributed by atoms with Gasteiger partial charge in [0.25, 0.3) is 5.91 Å². The number of rotatable bonds is 5. The van der Waals surface area contributed by atoms with Crippen LogP contribution in [-0.2, 0) is 6.54 Å². The van der Waals surface area contributed by atoms with Gasteiger partial charge in [-0.05, 0) is 65.9 Å². The number of carbonyl (C=O) groups excluding carboxylic acids is 1. The third-order valence-corrected chi connectivity index (χ3v) is 6.40. The summed E-state index contributed by atoms with van der Waals surface area (Å²) in [7, 11) is 0. The number of hydrogen-bond acceptors (Lipinski definition) is 5. The van der Waals surface area contributed by atoms with E-state index in [4.69, 9.17) is 5.73 Å². The van der Waals surface area contributed by atoms with E-state index in [0.29, 0.717) is 29.4 Å². The van der Waals surface area contributed by atoms with E-state index in [-0.39, 0.29) is 5.91 Å². The van der Waals surface area contributed by atoms with Crippen LogP contribution in [0.4, 0.5) is 5.82 Å². The fourth-order valence-electron chi connectivity index (χ4n) is 3.49. The van der Waals surface area contributed by atoms with Crippen LogP contribution in [0.1, 0.15) is 57.1 Å². The van der Waals surface area contributed by atoms with Crippen LogP contribution in [-0.4, -0.2) is 20.4 Å². The summed E-state index contributed by atoms with van der Waals surface area (Å²) in [6.45, 7) is 2.48. The lowest BCUT2D eigenvalue weighted by Crippen LogP contribution is -2.22. The van der Waals surface area contributed by atoms with Crippen LogP contribution in [0.25, 0.3) is 5.69 Å². The lowest BCUT2D eigenvalue weighted by molar-refractivity contribution is 0.0951. The highest BCUT2D eigenvalue weighted by atomic mass is 32.1. The third-order valence-electron chi connectivity index (χ3n) is 5.67. The molecule has 0 saturated heterocycles. The van der Waals surface area contributed by atoms with Crippen molar-refractivity contribution < 1.29 is 4.79 Å². The number of anilines is 1. The van der Waals surface area contributed by atoms with E-state index >= 15 is 0 Å². The third kappa shape index (κ3) is 4.81. The molecule has 4 aromatic rings. The van der Waals surface area contributed by atoms with Crippen molar-refractivity contribution in [2.24, 2.45) is 0 Å². The van der Waals surface area contributed by atoms with Crippen LogP contribution in [0.3, 0.4) is 0 Å². The number of hydrogen-bond donors (Lipinski definition) is 2. The van der Waals surface area contributed by atoms with Crippen molar-refractivity contribution in [1.82, 2.24) is 19.9 Å². The summed E-state index contributed by atoms with van der Waals surface area (Å²) in [5, 5.41) is 6.97. The standard InChI is InChI=1S/C26H23N5OS/c1-17-2-3-22(26(32)29-12-18-8-9-33-15-18)10-20(17)6-7-21-11-23(13-28-25(21)27)31-14-24(30-16-31)19-4-5-19/h2-3,8-11,13-16,19H,4-5,12H2,1H3,(H2,27,28)(H,29,32). The largest absolute Gasteiger partial charge is 0.383 e. The highest BCUT2D eigenvalue weighted by molar-refractivity contribution is 7.07. The first-order chi connectivity index (χ1) is 16.1. The number of amides is 1. The van der Waals surface area contributed by atoms with Gasteiger partial charge in [0.1, 0.15) is 5.82 Å². The first-order valence-electron chi connectivity index (χ1n) is 10.8. The zero-order valence-corrected chi connectivity index (χ0v) is 19.0. The molecule has 3 N–H and O–H groups in total. The van der Waals surface area contributed by atoms with E-state index in [1.807, 2.05) is 58.8 Å². The van der Waals surface area contributed by atoms with E-state index in [2.05, 4.69) is 27.1 Å². The van der Waals surface area contributed by atoms with Crippen molar-refractivity contribution in [2.75, 3.05) is 5.73 Å². The Morgan fingerprint density at radius 1 is 1.21 bits per heavy atom. The van der Waals surface area contributed by atoms with Gasteiger partial charge < -0.3 is 15.6 Å². The minimum atomic E-state index is -0.126. The molecule has 3 aromatic heterocycles. The van der Waals surface area contributed by atoms with Gasteiger partial charge in [-0.2, -0.15) is 11.3 Å². The van der Waals surface area contributed by atoms with Gasteiger partial charge in [0.2, 0.25) is 0 Å². The maximum atomic E-state index is 12.6. The Morgan fingerprint density at radius 2 is 2.06 bits per heavy atom. The molecule has 3 heterocycles. The van der Waals surface area contributed by atoms with Crippen LogP contribution in [0.5, 0.6) is 0 Å². The summed E-state index contributed by atoms with van der Waals surface area (Å²) in [5.41, 5.74) is 12.1. The number of nitrogens with zero attached hydrogens (tertiary/aromatic N) is 3. The van der Waals surface area contributed by atoms with E-state index in [9.17, 15) is 4.79 Å². The first-order valence-corrected chi connectivity index (χ1v) is 11.7. The number of imidazole rings is 1. The van der Waals surface area contributed by atoms with Gasteiger partial charge in [-0.3, -0.25) is 4.79 Å². The highest BCUT2D eigenvalue weighted by Gasteiger charge is 2.25. The Hall–Kier alpha value is -3.89. The predicted octanol–water partition coefficient (Wildman–Crippen LogP) is 4.43. The van der Waals surface area contributed by atoms with E-state index < -0.39 is 0 Å². The van der Waals surface area contributed by atoms with Crippen LogP contribution >= 0.6 is 11.3 Å². The Balaban J connectivity index is 1.37. The average molecular weight is 454 g/mol. The maximum Gasteiger partial charge on any atom is 0.251 e. The summed E-state index contributed by atoms with van der Waals surface area (Å²) in [5.74, 6) is 7.15. The molecule has 7 heteroatoms. The number of nitrogens with two attached hydrogens (primary N) is 1. The lowest BCUT2D eigenvalue weighted by Gasteiger charge is -2.06. The molecule has 1 saturated carbocycles. The molecular weight excluding hydrogens is 430 g/mol. The van der Waals surface area contributed by atoms with Crippen LogP contribution < -0.4 is 11.1 Å². The summed E-state index contributed by atoms with van der Waals surface area (Å²) in [6.07, 6.45) is 7.99. The van der Waals surface area contributed by atoms with Crippen molar-refractivity contribution in [3.8, 4) is 17.5 Å². The van der Waals surface area contributed by atoms with Crippen molar-refractivity contribution >= 4 is 23.1 Å². The van der Waals surface area contributed by atoms with Gasteiger partial charge in [-0.25, -0.2) is 9.97 Å². The fraction of sp³-hybridized carbons (Fsp3) is 0.192. The molecule has 0 aliphatic heterocycles. The SMILES string of the molecule is Cc1ccc(C(=O)NCc2ccsc2)cc1C#Cc1cc(-n2cnc(C3CC3)c2)cnc1N. The summed E-state index contributed by atoms with van der Waals surface area (Å²) >= 11 is 1.61. The molecule has 1 aliphatic carbocycles. The smallest absolute Gasteiger partial charge is 0.251 e. The molecule has 0 spiro atoms. The molecule has 0 bridgehead atoms. The molecule has 1 fully saturated rings. The average Bonchev–Trinajstić information content (AvgIpc) is 3.32. The van der Waals surface area contributed by atoms with E-state index in [1.165, 1.54) is 12.8 Å². The zero-order valence-electron chi connectivity index (χ0n) is 18.2. The molecule has 33 heavy (non-hydrogen) atoms. The summed E-state index contributed by atoms with van der Waals surface area (Å²) in [6, 6.07) is 9.46. The monoisotopic (exact) mass is 453 g/mol. The molecule has 1 aliphatic rings. The highest BCUT2D eigenvalue weighted by Crippen LogP contribution is 2.39. The van der Waals surface area contributed by atoms with Crippen LogP contribution in [0.15, 0.2) is 59.8 Å². The van der Waals surface area contributed by atoms with Gasteiger partial charge in [0, 0.05) is 29.8 Å². The Morgan fingerprint density at radius 3 is 2.85 bits per heavy atom. The quantitative estimate of drug-likeness (QED) is 0.438. The molecule has 6 nitrogen and oxygen atoms in total. The summed E-state index contributed by atoms with van der Waals surface area (Å²) in [4.78, 5) is 21.4. The first kappa shape index (κ1) is 21.0. The molecule has 0 atom stereocenters. The Labute approximate surface area is 196 Å². The van der Waals surface area contributed by atoms with E-state index in [1.54, 1.807) is 23.9 Å². The number of pyridine rings is 1. The van der Waals surface area contributed by atoms with Gasteiger partial charge >= 0.3 is 0 Å².